The number of ether oxygens (including phenoxy) is 2. The topological polar surface area (TPSA) is 80.9 Å². The van der Waals surface area contributed by atoms with Crippen LogP contribution < -0.4 is 14.8 Å². The first-order valence-electron chi connectivity index (χ1n) is 9.08. The van der Waals surface area contributed by atoms with Gasteiger partial charge in [0.05, 0.1) is 11.1 Å². The van der Waals surface area contributed by atoms with Gasteiger partial charge in [0.2, 0.25) is 5.95 Å². The lowest BCUT2D eigenvalue weighted by Gasteiger charge is -2.41. The molecule has 1 aliphatic carbocycles. The van der Waals surface area contributed by atoms with Crippen molar-refractivity contribution in [1.82, 2.24) is 14.6 Å². The van der Waals surface area contributed by atoms with E-state index in [1.54, 1.807) is 29.7 Å². The van der Waals surface area contributed by atoms with Crippen LogP contribution in [-0.4, -0.2) is 44.6 Å². The van der Waals surface area contributed by atoms with E-state index in [1.165, 1.54) is 12.1 Å². The summed E-state index contributed by atoms with van der Waals surface area (Å²) in [6.45, 7) is -4.53. The number of fused-ring (bicyclic) bond motifs is 1. The van der Waals surface area contributed by atoms with Gasteiger partial charge >= 0.3 is 13.2 Å². The lowest BCUT2D eigenvalue weighted by Crippen LogP contribution is -2.48. The van der Waals surface area contributed by atoms with Crippen molar-refractivity contribution in [2.75, 3.05) is 5.32 Å². The molecule has 2 heterocycles. The summed E-state index contributed by atoms with van der Waals surface area (Å²) in [4.78, 5) is 0. The number of alkyl halides is 4. The van der Waals surface area contributed by atoms with Crippen LogP contribution in [0.15, 0.2) is 36.5 Å². The highest BCUT2D eigenvalue weighted by Crippen LogP contribution is 2.37. The van der Waals surface area contributed by atoms with Gasteiger partial charge in [-0.3, -0.25) is 4.40 Å². The maximum absolute atomic E-state index is 12.9. The van der Waals surface area contributed by atoms with Gasteiger partial charge in [0, 0.05) is 23.9 Å². The van der Waals surface area contributed by atoms with E-state index in [4.69, 9.17) is 0 Å². The number of hydrogen-bond acceptors (Lipinski definition) is 6. The number of nitrogens with zero attached hydrogens (tertiary/aromatic N) is 3. The van der Waals surface area contributed by atoms with E-state index < -0.39 is 18.8 Å². The van der Waals surface area contributed by atoms with Crippen LogP contribution >= 0.6 is 0 Å². The van der Waals surface area contributed by atoms with Crippen LogP contribution in [0, 0.1) is 0 Å². The van der Waals surface area contributed by atoms with Gasteiger partial charge in [0.25, 0.3) is 0 Å². The Morgan fingerprint density at radius 3 is 2.53 bits per heavy atom. The monoisotopic (exact) mass is 426 g/mol. The van der Waals surface area contributed by atoms with Crippen molar-refractivity contribution in [3.05, 3.63) is 36.5 Å². The molecule has 7 nitrogen and oxygen atoms in total. The van der Waals surface area contributed by atoms with Crippen molar-refractivity contribution >= 4 is 11.5 Å². The Bertz CT molecular complexity index is 1050. The molecule has 30 heavy (non-hydrogen) atoms. The fourth-order valence-corrected chi connectivity index (χ4v) is 3.60. The molecule has 11 heteroatoms. The van der Waals surface area contributed by atoms with Gasteiger partial charge in [0.1, 0.15) is 17.2 Å². The molecule has 2 N–H and O–H groups in total. The predicted octanol–water partition coefficient (Wildman–Crippen LogP) is 3.92. The van der Waals surface area contributed by atoms with E-state index in [0.717, 1.165) is 6.07 Å². The largest absolute Gasteiger partial charge is 0.435 e. The molecule has 0 saturated heterocycles. The fourth-order valence-electron chi connectivity index (χ4n) is 3.60. The zero-order chi connectivity index (χ0) is 21.5. The minimum Gasteiger partial charge on any atom is -0.435 e. The first-order chi connectivity index (χ1) is 14.2. The summed E-state index contributed by atoms with van der Waals surface area (Å²) >= 11 is 0. The summed E-state index contributed by atoms with van der Waals surface area (Å²) in [5.41, 5.74) is 0.196. The van der Waals surface area contributed by atoms with Crippen molar-refractivity contribution in [1.29, 1.82) is 0 Å². The van der Waals surface area contributed by atoms with Gasteiger partial charge in [-0.25, -0.2) is 0 Å². The van der Waals surface area contributed by atoms with Crippen molar-refractivity contribution in [2.24, 2.45) is 0 Å². The van der Waals surface area contributed by atoms with E-state index in [0.29, 0.717) is 24.3 Å². The molecule has 0 aliphatic heterocycles. The summed E-state index contributed by atoms with van der Waals surface area (Å²) in [7, 11) is 0. The van der Waals surface area contributed by atoms with Crippen LogP contribution in [-0.2, 0) is 0 Å². The molecule has 1 fully saturated rings. The van der Waals surface area contributed by atoms with Gasteiger partial charge in [-0.05, 0) is 44.0 Å². The van der Waals surface area contributed by atoms with Crippen molar-refractivity contribution in [3.8, 4) is 22.8 Å². The molecule has 0 radical (unpaired) electrons. The Balaban J connectivity index is 1.71. The summed E-state index contributed by atoms with van der Waals surface area (Å²) in [6, 6.07) is 6.94. The van der Waals surface area contributed by atoms with E-state index >= 15 is 0 Å². The maximum atomic E-state index is 12.9. The number of aliphatic hydroxyl groups is 1. The third kappa shape index (κ3) is 4.11. The van der Waals surface area contributed by atoms with Crippen molar-refractivity contribution in [3.63, 3.8) is 0 Å². The molecule has 0 unspecified atom stereocenters. The third-order valence-corrected chi connectivity index (χ3v) is 4.82. The third-order valence-electron chi connectivity index (χ3n) is 4.82. The highest BCUT2D eigenvalue weighted by molar-refractivity contribution is 5.81. The van der Waals surface area contributed by atoms with Crippen LogP contribution in [0.1, 0.15) is 19.8 Å². The average Bonchev–Trinajstić information content (AvgIpc) is 3.10. The molecule has 2 aromatic heterocycles. The number of anilines is 1. The van der Waals surface area contributed by atoms with Crippen molar-refractivity contribution in [2.45, 2.75) is 44.6 Å². The first kappa shape index (κ1) is 20.2. The second-order valence-corrected chi connectivity index (χ2v) is 7.30. The summed E-state index contributed by atoms with van der Waals surface area (Å²) < 4.78 is 61.2. The molecule has 0 amide bonds. The number of aromatic nitrogens is 3. The Morgan fingerprint density at radius 1 is 1.13 bits per heavy atom. The zero-order valence-electron chi connectivity index (χ0n) is 15.7. The smallest absolute Gasteiger partial charge is 0.387 e. The zero-order valence-corrected chi connectivity index (χ0v) is 15.7. The van der Waals surface area contributed by atoms with E-state index in [-0.39, 0.29) is 28.8 Å². The van der Waals surface area contributed by atoms with Crippen molar-refractivity contribution < 1.29 is 32.1 Å². The van der Waals surface area contributed by atoms with Gasteiger partial charge in [-0.1, -0.05) is 0 Å². The molecule has 0 atom stereocenters. The van der Waals surface area contributed by atoms with Crippen LogP contribution in [0.3, 0.4) is 0 Å². The average molecular weight is 426 g/mol. The predicted molar refractivity (Wildman–Crippen MR) is 99.0 cm³/mol. The molecule has 3 aromatic rings. The quantitative estimate of drug-likeness (QED) is 0.558. The molecule has 4 rings (SSSR count). The minimum absolute atomic E-state index is 0.0225. The Morgan fingerprint density at radius 2 is 1.87 bits per heavy atom. The highest BCUT2D eigenvalue weighted by Gasteiger charge is 2.38. The number of rotatable bonds is 7. The standard InChI is InChI=1S/C19H18F4N4O3/c1-19(28)8-10(9-19)24-18-26-25-15(13-3-2-6-27(13)18)12-5-4-11(29-16(20)21)7-14(12)30-17(22)23/h2-7,10,16-17,28H,8-9H2,1H3,(H,24,26). The second-order valence-electron chi connectivity index (χ2n) is 7.30. The summed E-state index contributed by atoms with van der Waals surface area (Å²) in [5, 5.41) is 21.4. The molecule has 0 bridgehead atoms. The SMILES string of the molecule is CC1(O)CC(Nc2nnc(-c3ccc(OC(F)F)cc3OC(F)F)c3cccn23)C1. The lowest BCUT2D eigenvalue weighted by molar-refractivity contribution is -0.0540. The maximum Gasteiger partial charge on any atom is 0.387 e. The van der Waals surface area contributed by atoms with Gasteiger partial charge < -0.3 is 19.9 Å². The van der Waals surface area contributed by atoms with Crippen LogP contribution in [0.5, 0.6) is 11.5 Å². The van der Waals surface area contributed by atoms with E-state index in [9.17, 15) is 22.7 Å². The summed E-state index contributed by atoms with van der Waals surface area (Å²) in [6.07, 6.45) is 2.82. The highest BCUT2D eigenvalue weighted by atomic mass is 19.3. The van der Waals surface area contributed by atoms with E-state index in [1.807, 2.05) is 0 Å². The molecular formula is C19H18F4N4O3. The van der Waals surface area contributed by atoms with Crippen LogP contribution in [0.25, 0.3) is 16.8 Å². The molecular weight excluding hydrogens is 408 g/mol. The van der Waals surface area contributed by atoms with Gasteiger partial charge in [0.15, 0.2) is 0 Å². The lowest BCUT2D eigenvalue weighted by atomic mass is 9.77. The Kier molecular flexibility index (Phi) is 5.14. The van der Waals surface area contributed by atoms with Gasteiger partial charge in [-0.2, -0.15) is 17.6 Å². The fraction of sp³-hybridized carbons (Fsp3) is 0.368. The summed E-state index contributed by atoms with van der Waals surface area (Å²) in [5.74, 6) is -0.261. The number of benzene rings is 1. The Labute approximate surface area is 168 Å². The minimum atomic E-state index is -3.17. The van der Waals surface area contributed by atoms with E-state index in [2.05, 4.69) is 25.0 Å². The molecule has 1 saturated carbocycles. The molecule has 160 valence electrons. The molecule has 1 aromatic carbocycles. The van der Waals surface area contributed by atoms with Gasteiger partial charge in [-0.15, -0.1) is 10.2 Å². The molecule has 0 spiro atoms. The Hall–Kier alpha value is -3.08. The second kappa shape index (κ2) is 7.63. The van der Waals surface area contributed by atoms with Crippen LogP contribution in [0.4, 0.5) is 23.5 Å². The molecule has 1 aliphatic rings. The first-order valence-corrected chi connectivity index (χ1v) is 9.08. The number of hydrogen-bond donors (Lipinski definition) is 2. The normalized spacial score (nSPS) is 21.1. The number of halogens is 4. The van der Waals surface area contributed by atoms with Crippen LogP contribution in [0.2, 0.25) is 0 Å². The number of nitrogens with one attached hydrogen (secondary N) is 1.